The fraction of sp³-hybridized carbons (Fsp3) is 0.600. The molecular weight excluding hydrogens is 226 g/mol. The van der Waals surface area contributed by atoms with Gasteiger partial charge in [0.25, 0.3) is 0 Å². The molecule has 0 amide bonds. The number of benzene rings is 1. The van der Waals surface area contributed by atoms with Gasteiger partial charge in [0.2, 0.25) is 0 Å². The second-order valence-electron chi connectivity index (χ2n) is 5.26. The van der Waals surface area contributed by atoms with Crippen LogP contribution in [-0.4, -0.2) is 25.4 Å². The lowest BCUT2D eigenvalue weighted by atomic mass is 10.2. The van der Waals surface area contributed by atoms with Crippen molar-refractivity contribution < 1.29 is 9.47 Å². The Bertz CT molecular complexity index is 327. The molecule has 0 aliphatic carbocycles. The van der Waals surface area contributed by atoms with Gasteiger partial charge in [0.1, 0.15) is 5.75 Å². The molecule has 1 aromatic carbocycles. The summed E-state index contributed by atoms with van der Waals surface area (Å²) in [5, 5.41) is 3.32. The molecular formula is C15H25NO2. The lowest BCUT2D eigenvalue weighted by molar-refractivity contribution is 0.00333. The van der Waals surface area contributed by atoms with Gasteiger partial charge in [0, 0.05) is 12.2 Å². The van der Waals surface area contributed by atoms with Crippen LogP contribution in [0.2, 0.25) is 0 Å². The zero-order valence-corrected chi connectivity index (χ0v) is 12.0. The molecule has 0 radical (unpaired) electrons. The molecule has 0 atom stereocenters. The van der Waals surface area contributed by atoms with Crippen molar-refractivity contribution in [1.82, 2.24) is 0 Å². The molecule has 0 bridgehead atoms. The quantitative estimate of drug-likeness (QED) is 0.749. The monoisotopic (exact) mass is 251 g/mol. The third kappa shape index (κ3) is 6.50. The molecule has 3 nitrogen and oxygen atoms in total. The van der Waals surface area contributed by atoms with Gasteiger partial charge in [-0.25, -0.2) is 0 Å². The first kappa shape index (κ1) is 14.8. The molecule has 0 aliphatic rings. The van der Waals surface area contributed by atoms with Crippen LogP contribution < -0.4 is 10.1 Å². The highest BCUT2D eigenvalue weighted by Gasteiger charge is 2.08. The Morgan fingerprint density at radius 2 is 1.72 bits per heavy atom. The lowest BCUT2D eigenvalue weighted by Crippen LogP contribution is -2.23. The maximum Gasteiger partial charge on any atom is 0.119 e. The zero-order chi connectivity index (χ0) is 13.4. The second kappa shape index (κ2) is 7.27. The van der Waals surface area contributed by atoms with E-state index in [2.05, 4.69) is 33.0 Å². The number of rotatable bonds is 7. The van der Waals surface area contributed by atoms with Crippen molar-refractivity contribution in [1.29, 1.82) is 0 Å². The SMILES string of the molecule is CCCOc1ccc(NCCOC(C)(C)C)cc1. The van der Waals surface area contributed by atoms with Crippen LogP contribution in [0.15, 0.2) is 24.3 Å². The first-order valence-electron chi connectivity index (χ1n) is 6.62. The van der Waals surface area contributed by atoms with Crippen molar-refractivity contribution >= 4 is 5.69 Å². The van der Waals surface area contributed by atoms with Gasteiger partial charge < -0.3 is 14.8 Å². The van der Waals surface area contributed by atoms with Crippen LogP contribution in [0.25, 0.3) is 0 Å². The van der Waals surface area contributed by atoms with Crippen molar-refractivity contribution in [2.45, 2.75) is 39.7 Å². The van der Waals surface area contributed by atoms with Crippen molar-refractivity contribution in [3.8, 4) is 5.75 Å². The van der Waals surface area contributed by atoms with E-state index in [0.29, 0.717) is 6.61 Å². The maximum atomic E-state index is 5.64. The average Bonchev–Trinajstić information content (AvgIpc) is 2.32. The molecule has 3 heteroatoms. The summed E-state index contributed by atoms with van der Waals surface area (Å²) in [5.74, 6) is 0.924. The Morgan fingerprint density at radius 3 is 2.28 bits per heavy atom. The summed E-state index contributed by atoms with van der Waals surface area (Å²) < 4.78 is 11.2. The molecule has 0 spiro atoms. The lowest BCUT2D eigenvalue weighted by Gasteiger charge is -2.19. The molecule has 18 heavy (non-hydrogen) atoms. The van der Waals surface area contributed by atoms with E-state index in [9.17, 15) is 0 Å². The zero-order valence-electron chi connectivity index (χ0n) is 12.0. The third-order valence-corrected chi connectivity index (χ3v) is 2.29. The van der Waals surface area contributed by atoms with Crippen LogP contribution >= 0.6 is 0 Å². The van der Waals surface area contributed by atoms with Crippen LogP contribution in [0.3, 0.4) is 0 Å². The standard InChI is InChI=1S/C15H25NO2/c1-5-11-17-14-8-6-13(7-9-14)16-10-12-18-15(2,3)4/h6-9,16H,5,10-12H2,1-4H3. The predicted octanol–water partition coefficient (Wildman–Crippen LogP) is 3.70. The fourth-order valence-corrected chi connectivity index (χ4v) is 1.44. The van der Waals surface area contributed by atoms with E-state index in [-0.39, 0.29) is 5.60 Å². The highest BCUT2D eigenvalue weighted by molar-refractivity contribution is 5.46. The molecule has 1 N–H and O–H groups in total. The number of hydrogen-bond donors (Lipinski definition) is 1. The maximum absolute atomic E-state index is 5.64. The molecule has 0 aliphatic heterocycles. The highest BCUT2D eigenvalue weighted by atomic mass is 16.5. The molecule has 0 unspecified atom stereocenters. The minimum absolute atomic E-state index is 0.0699. The topological polar surface area (TPSA) is 30.5 Å². The summed E-state index contributed by atoms with van der Waals surface area (Å²) in [6.07, 6.45) is 1.03. The van der Waals surface area contributed by atoms with Gasteiger partial charge in [-0.15, -0.1) is 0 Å². The number of hydrogen-bond acceptors (Lipinski definition) is 3. The van der Waals surface area contributed by atoms with Crippen LogP contribution in [0.4, 0.5) is 5.69 Å². The minimum atomic E-state index is -0.0699. The number of nitrogens with one attached hydrogen (secondary N) is 1. The molecule has 0 aromatic heterocycles. The largest absolute Gasteiger partial charge is 0.494 e. The van der Waals surface area contributed by atoms with E-state index < -0.39 is 0 Å². The molecule has 102 valence electrons. The van der Waals surface area contributed by atoms with Gasteiger partial charge in [0.15, 0.2) is 0 Å². The molecule has 1 aromatic rings. The van der Waals surface area contributed by atoms with E-state index >= 15 is 0 Å². The van der Waals surface area contributed by atoms with Crippen molar-refractivity contribution in [2.24, 2.45) is 0 Å². The molecule has 0 saturated carbocycles. The Kier molecular flexibility index (Phi) is 5.99. The summed E-state index contributed by atoms with van der Waals surface area (Å²) in [6, 6.07) is 8.04. The van der Waals surface area contributed by atoms with E-state index in [1.165, 1.54) is 0 Å². The summed E-state index contributed by atoms with van der Waals surface area (Å²) in [4.78, 5) is 0. The van der Waals surface area contributed by atoms with Crippen LogP contribution in [0.5, 0.6) is 5.75 Å². The summed E-state index contributed by atoms with van der Waals surface area (Å²) in [6.45, 7) is 10.6. The Hall–Kier alpha value is -1.22. The van der Waals surface area contributed by atoms with Gasteiger partial charge in [-0.2, -0.15) is 0 Å². The van der Waals surface area contributed by atoms with Crippen LogP contribution in [-0.2, 0) is 4.74 Å². The van der Waals surface area contributed by atoms with Crippen molar-refractivity contribution in [3.63, 3.8) is 0 Å². The molecule has 0 heterocycles. The van der Waals surface area contributed by atoms with E-state index in [0.717, 1.165) is 31.0 Å². The first-order chi connectivity index (χ1) is 8.51. The molecule has 0 fully saturated rings. The number of anilines is 1. The average molecular weight is 251 g/mol. The first-order valence-corrected chi connectivity index (χ1v) is 6.62. The molecule has 0 saturated heterocycles. The van der Waals surface area contributed by atoms with Gasteiger partial charge in [-0.3, -0.25) is 0 Å². The Morgan fingerprint density at radius 1 is 1.06 bits per heavy atom. The van der Waals surface area contributed by atoms with Crippen molar-refractivity contribution in [3.05, 3.63) is 24.3 Å². The summed E-state index contributed by atoms with van der Waals surface area (Å²) >= 11 is 0. The van der Waals surface area contributed by atoms with Crippen LogP contribution in [0, 0.1) is 0 Å². The van der Waals surface area contributed by atoms with Crippen molar-refractivity contribution in [2.75, 3.05) is 25.1 Å². The summed E-state index contributed by atoms with van der Waals surface area (Å²) in [7, 11) is 0. The highest BCUT2D eigenvalue weighted by Crippen LogP contribution is 2.15. The smallest absolute Gasteiger partial charge is 0.119 e. The summed E-state index contributed by atoms with van der Waals surface area (Å²) in [5.41, 5.74) is 1.02. The van der Waals surface area contributed by atoms with E-state index in [4.69, 9.17) is 9.47 Å². The van der Waals surface area contributed by atoms with Gasteiger partial charge in [-0.05, 0) is 51.5 Å². The normalized spacial score (nSPS) is 11.3. The Labute approximate surface area is 110 Å². The van der Waals surface area contributed by atoms with Gasteiger partial charge >= 0.3 is 0 Å². The second-order valence-corrected chi connectivity index (χ2v) is 5.26. The minimum Gasteiger partial charge on any atom is -0.494 e. The fourth-order valence-electron chi connectivity index (χ4n) is 1.44. The van der Waals surface area contributed by atoms with E-state index in [1.54, 1.807) is 0 Å². The predicted molar refractivity (Wildman–Crippen MR) is 76.4 cm³/mol. The van der Waals surface area contributed by atoms with Crippen LogP contribution in [0.1, 0.15) is 34.1 Å². The van der Waals surface area contributed by atoms with Gasteiger partial charge in [-0.1, -0.05) is 6.92 Å². The number of ether oxygens (including phenoxy) is 2. The van der Waals surface area contributed by atoms with E-state index in [1.807, 2.05) is 24.3 Å². The Balaban J connectivity index is 2.26. The third-order valence-electron chi connectivity index (χ3n) is 2.29. The molecule has 1 rings (SSSR count). The van der Waals surface area contributed by atoms with Gasteiger partial charge in [0.05, 0.1) is 18.8 Å².